The molecule has 0 bridgehead atoms. The van der Waals surface area contributed by atoms with Gasteiger partial charge in [0.15, 0.2) is 5.16 Å². The zero-order chi connectivity index (χ0) is 18.8. The highest BCUT2D eigenvalue weighted by atomic mass is 32.2. The lowest BCUT2D eigenvalue weighted by atomic mass is 9.85. The summed E-state index contributed by atoms with van der Waals surface area (Å²) in [6.07, 6.45) is 0.987. The molecule has 0 saturated carbocycles. The Hall–Kier alpha value is -2.06. The number of anilines is 1. The summed E-state index contributed by atoms with van der Waals surface area (Å²) in [5.74, 6) is 0.454. The Morgan fingerprint density at radius 2 is 2.19 bits per heavy atom. The fourth-order valence-corrected chi connectivity index (χ4v) is 4.78. The smallest absolute Gasteiger partial charge is 0.336 e. The van der Waals surface area contributed by atoms with Crippen LogP contribution >= 0.6 is 23.1 Å². The monoisotopic (exact) mass is 391 g/mol. The standard InChI is InChI=1S/C18H21N3O3S2/c1-5-7-26-18-20-15-13(16(22)21-18)12(14-9(2)6-8-25-14)11(10(3)19-15)17(23)24-4/h6,8,12H,5,7H2,1-4H3,(H2,19,20,21,22)/t12-/m1/s1. The SMILES string of the molecule is CCCSc1nc2c(c(=O)[nH]1)[C@H](c1sccc1C)C(C(=O)OC)=C(C)N2. The van der Waals surface area contributed by atoms with Crippen LogP contribution in [0.1, 0.15) is 42.2 Å². The van der Waals surface area contributed by atoms with Crippen LogP contribution in [-0.2, 0) is 9.53 Å². The lowest BCUT2D eigenvalue weighted by molar-refractivity contribution is -0.136. The number of methoxy groups -OCH3 is 1. The van der Waals surface area contributed by atoms with E-state index in [0.717, 1.165) is 22.6 Å². The van der Waals surface area contributed by atoms with Gasteiger partial charge in [-0.2, -0.15) is 0 Å². The average Bonchev–Trinajstić information content (AvgIpc) is 3.03. The minimum atomic E-state index is -0.486. The Bertz CT molecular complexity index is 930. The summed E-state index contributed by atoms with van der Waals surface area (Å²) < 4.78 is 4.99. The Balaban J connectivity index is 2.21. The molecule has 0 amide bonds. The van der Waals surface area contributed by atoms with Gasteiger partial charge in [0.25, 0.3) is 5.56 Å². The molecule has 1 atom stereocenters. The predicted molar refractivity (Wildman–Crippen MR) is 105 cm³/mol. The van der Waals surface area contributed by atoms with Gasteiger partial charge in [0.1, 0.15) is 5.82 Å². The molecule has 1 aliphatic heterocycles. The van der Waals surface area contributed by atoms with E-state index in [0.29, 0.717) is 27.8 Å². The Labute approximate surface area is 160 Å². The van der Waals surface area contributed by atoms with Crippen molar-refractivity contribution in [1.29, 1.82) is 0 Å². The lowest BCUT2D eigenvalue weighted by Gasteiger charge is -2.28. The molecule has 3 rings (SSSR count). The van der Waals surface area contributed by atoms with Gasteiger partial charge in [-0.3, -0.25) is 4.79 Å². The Morgan fingerprint density at radius 1 is 1.42 bits per heavy atom. The molecule has 0 fully saturated rings. The second-order valence-corrected chi connectivity index (χ2v) is 8.07. The van der Waals surface area contributed by atoms with E-state index in [1.54, 1.807) is 0 Å². The number of thiophene rings is 1. The van der Waals surface area contributed by atoms with Gasteiger partial charge in [-0.15, -0.1) is 11.3 Å². The lowest BCUT2D eigenvalue weighted by Crippen LogP contribution is -2.30. The van der Waals surface area contributed by atoms with Crippen molar-refractivity contribution < 1.29 is 9.53 Å². The minimum Gasteiger partial charge on any atom is -0.466 e. The number of aromatic amines is 1. The summed E-state index contributed by atoms with van der Waals surface area (Å²) in [6, 6.07) is 1.99. The highest BCUT2D eigenvalue weighted by molar-refractivity contribution is 7.99. The van der Waals surface area contributed by atoms with E-state index in [9.17, 15) is 9.59 Å². The second kappa shape index (κ2) is 7.67. The number of allylic oxidation sites excluding steroid dienone is 1. The number of esters is 1. The van der Waals surface area contributed by atoms with Crippen molar-refractivity contribution >= 4 is 34.9 Å². The molecule has 26 heavy (non-hydrogen) atoms. The topological polar surface area (TPSA) is 84.1 Å². The van der Waals surface area contributed by atoms with Crippen LogP contribution < -0.4 is 10.9 Å². The number of nitrogens with zero attached hydrogens (tertiary/aromatic N) is 1. The summed E-state index contributed by atoms with van der Waals surface area (Å²) in [5, 5.41) is 5.68. The Morgan fingerprint density at radius 3 is 2.81 bits per heavy atom. The van der Waals surface area contributed by atoms with Gasteiger partial charge in [-0.05, 0) is 37.3 Å². The van der Waals surface area contributed by atoms with Crippen molar-refractivity contribution in [2.75, 3.05) is 18.2 Å². The average molecular weight is 392 g/mol. The molecular formula is C18H21N3O3S2. The maximum Gasteiger partial charge on any atom is 0.336 e. The predicted octanol–water partition coefficient (Wildman–Crippen LogP) is 3.65. The van der Waals surface area contributed by atoms with Crippen molar-refractivity contribution in [2.45, 2.75) is 38.3 Å². The molecule has 6 nitrogen and oxygen atoms in total. The normalized spacial score (nSPS) is 16.2. The summed E-state index contributed by atoms with van der Waals surface area (Å²) in [5.41, 5.74) is 2.37. The zero-order valence-corrected chi connectivity index (χ0v) is 16.8. The number of hydrogen-bond acceptors (Lipinski definition) is 7. The van der Waals surface area contributed by atoms with E-state index in [-0.39, 0.29) is 5.56 Å². The van der Waals surface area contributed by atoms with Crippen LogP contribution in [0.4, 0.5) is 5.82 Å². The molecular weight excluding hydrogens is 370 g/mol. The number of aryl methyl sites for hydroxylation is 1. The number of ether oxygens (including phenoxy) is 1. The quantitative estimate of drug-likeness (QED) is 0.460. The molecule has 0 saturated heterocycles. The van der Waals surface area contributed by atoms with Crippen molar-refractivity contribution in [1.82, 2.24) is 9.97 Å². The molecule has 0 aliphatic carbocycles. The van der Waals surface area contributed by atoms with Crippen LogP contribution in [0, 0.1) is 6.92 Å². The van der Waals surface area contributed by atoms with Crippen LogP contribution in [0.15, 0.2) is 32.7 Å². The van der Waals surface area contributed by atoms with E-state index in [1.165, 1.54) is 30.2 Å². The number of rotatable bonds is 5. The van der Waals surface area contributed by atoms with Crippen LogP contribution in [0.3, 0.4) is 0 Å². The number of carbonyl (C=O) groups is 1. The summed E-state index contributed by atoms with van der Waals surface area (Å²) in [7, 11) is 1.35. The molecule has 2 aromatic heterocycles. The second-order valence-electron chi connectivity index (χ2n) is 6.04. The number of H-pyrrole nitrogens is 1. The Kier molecular flexibility index (Phi) is 5.52. The van der Waals surface area contributed by atoms with Gasteiger partial charge in [-0.25, -0.2) is 9.78 Å². The fraction of sp³-hybridized carbons (Fsp3) is 0.389. The number of thioether (sulfide) groups is 1. The molecule has 0 spiro atoms. The van der Waals surface area contributed by atoms with Gasteiger partial charge in [0, 0.05) is 16.3 Å². The van der Waals surface area contributed by atoms with Gasteiger partial charge in [0.05, 0.1) is 24.2 Å². The number of carbonyl (C=O) groups excluding carboxylic acids is 1. The van der Waals surface area contributed by atoms with E-state index in [1.807, 2.05) is 25.3 Å². The van der Waals surface area contributed by atoms with Crippen LogP contribution in [0.5, 0.6) is 0 Å². The highest BCUT2D eigenvalue weighted by Gasteiger charge is 2.37. The first-order valence-electron chi connectivity index (χ1n) is 8.35. The molecule has 3 heterocycles. The molecule has 138 valence electrons. The number of hydrogen-bond donors (Lipinski definition) is 2. The first-order chi connectivity index (χ1) is 12.5. The van der Waals surface area contributed by atoms with Gasteiger partial charge >= 0.3 is 5.97 Å². The highest BCUT2D eigenvalue weighted by Crippen LogP contribution is 2.43. The fourth-order valence-electron chi connectivity index (χ4n) is 3.02. The van der Waals surface area contributed by atoms with Crippen molar-refractivity contribution in [3.05, 3.63) is 49.1 Å². The van der Waals surface area contributed by atoms with Crippen LogP contribution in [0.25, 0.3) is 0 Å². The summed E-state index contributed by atoms with van der Waals surface area (Å²) in [4.78, 5) is 33.8. The van der Waals surface area contributed by atoms with E-state index >= 15 is 0 Å². The van der Waals surface area contributed by atoms with Crippen molar-refractivity contribution in [3.63, 3.8) is 0 Å². The van der Waals surface area contributed by atoms with Crippen molar-refractivity contribution in [2.24, 2.45) is 0 Å². The van der Waals surface area contributed by atoms with Gasteiger partial charge < -0.3 is 15.0 Å². The van der Waals surface area contributed by atoms with Gasteiger partial charge in [0.2, 0.25) is 0 Å². The van der Waals surface area contributed by atoms with Gasteiger partial charge in [-0.1, -0.05) is 18.7 Å². The zero-order valence-electron chi connectivity index (χ0n) is 15.1. The largest absolute Gasteiger partial charge is 0.466 e. The molecule has 0 aromatic carbocycles. The van der Waals surface area contributed by atoms with E-state index < -0.39 is 11.9 Å². The summed E-state index contributed by atoms with van der Waals surface area (Å²) in [6.45, 7) is 5.87. The molecule has 0 unspecified atom stereocenters. The maximum atomic E-state index is 12.9. The third-order valence-corrected chi connectivity index (χ3v) is 6.40. The van der Waals surface area contributed by atoms with Crippen LogP contribution in [0.2, 0.25) is 0 Å². The summed E-state index contributed by atoms with van der Waals surface area (Å²) >= 11 is 3.03. The number of nitrogens with one attached hydrogen (secondary N) is 2. The number of aromatic nitrogens is 2. The van der Waals surface area contributed by atoms with E-state index in [2.05, 4.69) is 22.2 Å². The molecule has 1 aliphatic rings. The first kappa shape index (κ1) is 18.7. The molecule has 2 N–H and O–H groups in total. The third-order valence-electron chi connectivity index (χ3n) is 4.23. The van der Waals surface area contributed by atoms with E-state index in [4.69, 9.17) is 4.74 Å². The molecule has 2 aromatic rings. The molecule has 0 radical (unpaired) electrons. The third kappa shape index (κ3) is 3.31. The maximum absolute atomic E-state index is 12.9. The minimum absolute atomic E-state index is 0.229. The number of fused-ring (bicyclic) bond motifs is 1. The molecule has 8 heteroatoms. The van der Waals surface area contributed by atoms with Crippen LogP contribution in [-0.4, -0.2) is 28.8 Å². The van der Waals surface area contributed by atoms with Crippen molar-refractivity contribution in [3.8, 4) is 0 Å². The first-order valence-corrected chi connectivity index (χ1v) is 10.2.